The van der Waals surface area contributed by atoms with E-state index in [4.69, 9.17) is 4.74 Å². The van der Waals surface area contributed by atoms with Crippen LogP contribution in [0.1, 0.15) is 15.9 Å². The molecule has 0 aliphatic carbocycles. The molecule has 1 N–H and O–H groups in total. The Hall–Kier alpha value is -2.13. The van der Waals surface area contributed by atoms with Gasteiger partial charge in [-0.3, -0.25) is 4.79 Å². The molecule has 0 unspecified atom stereocenters. The topological polar surface area (TPSA) is 38.3 Å². The van der Waals surface area contributed by atoms with Crippen LogP contribution in [0, 0.1) is 6.92 Å². The van der Waals surface area contributed by atoms with Gasteiger partial charge in [-0.25, -0.2) is 0 Å². The van der Waals surface area contributed by atoms with E-state index in [0.717, 1.165) is 11.1 Å². The number of benzene rings is 2. The average molecular weight is 269 g/mol. The van der Waals surface area contributed by atoms with Crippen molar-refractivity contribution in [3.05, 3.63) is 59.7 Å². The third-order valence-electron chi connectivity index (χ3n) is 3.12. The van der Waals surface area contributed by atoms with Crippen molar-refractivity contribution in [3.8, 4) is 11.1 Å². The molecule has 0 saturated carbocycles. The Bertz CT molecular complexity index is 559. The number of amides is 1. The maximum atomic E-state index is 11.8. The molecular weight excluding hydrogens is 250 g/mol. The van der Waals surface area contributed by atoms with Crippen LogP contribution >= 0.6 is 0 Å². The zero-order valence-corrected chi connectivity index (χ0v) is 11.8. The molecule has 0 bridgehead atoms. The van der Waals surface area contributed by atoms with Gasteiger partial charge in [0, 0.05) is 19.2 Å². The van der Waals surface area contributed by atoms with E-state index in [9.17, 15) is 4.79 Å². The van der Waals surface area contributed by atoms with Gasteiger partial charge in [0.25, 0.3) is 5.91 Å². The minimum absolute atomic E-state index is 0.0718. The van der Waals surface area contributed by atoms with Gasteiger partial charge in [0.1, 0.15) is 0 Å². The number of carbonyl (C=O) groups is 1. The third kappa shape index (κ3) is 3.68. The number of carbonyl (C=O) groups excluding carboxylic acids is 1. The lowest BCUT2D eigenvalue weighted by atomic mass is 10.0. The molecule has 0 atom stereocenters. The highest BCUT2D eigenvalue weighted by Gasteiger charge is 2.05. The summed E-state index contributed by atoms with van der Waals surface area (Å²) in [5.74, 6) is -0.0718. The van der Waals surface area contributed by atoms with Crippen LogP contribution in [-0.2, 0) is 4.74 Å². The first-order valence-electron chi connectivity index (χ1n) is 6.65. The Balaban J connectivity index is 2.06. The summed E-state index contributed by atoms with van der Waals surface area (Å²) in [5, 5.41) is 2.80. The van der Waals surface area contributed by atoms with E-state index in [2.05, 4.69) is 36.5 Å². The maximum Gasteiger partial charge on any atom is 0.251 e. The zero-order chi connectivity index (χ0) is 14.4. The summed E-state index contributed by atoms with van der Waals surface area (Å²) in [6.07, 6.45) is 0. The van der Waals surface area contributed by atoms with Crippen LogP contribution < -0.4 is 5.32 Å². The quantitative estimate of drug-likeness (QED) is 0.847. The summed E-state index contributed by atoms with van der Waals surface area (Å²) >= 11 is 0. The van der Waals surface area contributed by atoms with Crippen LogP contribution in [0.25, 0.3) is 11.1 Å². The lowest BCUT2D eigenvalue weighted by Gasteiger charge is -2.06. The molecular formula is C17H19NO2. The van der Waals surface area contributed by atoms with Crippen molar-refractivity contribution >= 4 is 5.91 Å². The normalized spacial score (nSPS) is 10.3. The van der Waals surface area contributed by atoms with Crippen molar-refractivity contribution in [1.82, 2.24) is 5.32 Å². The van der Waals surface area contributed by atoms with E-state index in [1.807, 2.05) is 24.3 Å². The van der Waals surface area contributed by atoms with Crippen molar-refractivity contribution < 1.29 is 9.53 Å². The minimum atomic E-state index is -0.0718. The van der Waals surface area contributed by atoms with E-state index in [0.29, 0.717) is 18.7 Å². The van der Waals surface area contributed by atoms with Crippen LogP contribution in [0.3, 0.4) is 0 Å². The van der Waals surface area contributed by atoms with Crippen molar-refractivity contribution in [2.24, 2.45) is 0 Å². The summed E-state index contributed by atoms with van der Waals surface area (Å²) in [7, 11) is 1.61. The second kappa shape index (κ2) is 6.87. The fraction of sp³-hybridized carbons (Fsp3) is 0.235. The number of ether oxygens (including phenoxy) is 1. The van der Waals surface area contributed by atoms with Crippen LogP contribution in [-0.4, -0.2) is 26.2 Å². The molecule has 0 aliphatic heterocycles. The van der Waals surface area contributed by atoms with E-state index in [1.165, 1.54) is 5.56 Å². The predicted octanol–water partition coefficient (Wildman–Crippen LogP) is 3.04. The van der Waals surface area contributed by atoms with Crippen LogP contribution in [0.5, 0.6) is 0 Å². The maximum absolute atomic E-state index is 11.8. The third-order valence-corrected chi connectivity index (χ3v) is 3.12. The van der Waals surface area contributed by atoms with Gasteiger partial charge < -0.3 is 10.1 Å². The lowest BCUT2D eigenvalue weighted by Crippen LogP contribution is -2.26. The number of nitrogens with one attached hydrogen (secondary N) is 1. The van der Waals surface area contributed by atoms with Crippen molar-refractivity contribution in [3.63, 3.8) is 0 Å². The van der Waals surface area contributed by atoms with Crippen molar-refractivity contribution in [2.45, 2.75) is 6.92 Å². The molecule has 0 aromatic heterocycles. The standard InChI is InChI=1S/C17H19NO2/c1-13-3-5-14(6-4-13)15-7-9-16(10-8-15)17(19)18-11-12-20-2/h3-10H,11-12H2,1-2H3,(H,18,19). The number of hydrogen-bond donors (Lipinski definition) is 1. The van der Waals surface area contributed by atoms with Gasteiger partial charge in [-0.1, -0.05) is 42.0 Å². The molecule has 0 heterocycles. The molecule has 104 valence electrons. The van der Waals surface area contributed by atoms with E-state index >= 15 is 0 Å². The highest BCUT2D eigenvalue weighted by Crippen LogP contribution is 2.20. The molecule has 0 radical (unpaired) electrons. The SMILES string of the molecule is COCCNC(=O)c1ccc(-c2ccc(C)cc2)cc1. The summed E-state index contributed by atoms with van der Waals surface area (Å²) in [6.45, 7) is 3.11. The molecule has 20 heavy (non-hydrogen) atoms. The molecule has 0 fully saturated rings. The van der Waals surface area contributed by atoms with E-state index < -0.39 is 0 Å². The highest BCUT2D eigenvalue weighted by molar-refractivity contribution is 5.94. The van der Waals surface area contributed by atoms with Gasteiger partial charge in [0.2, 0.25) is 0 Å². The Morgan fingerprint density at radius 2 is 1.55 bits per heavy atom. The monoisotopic (exact) mass is 269 g/mol. The highest BCUT2D eigenvalue weighted by atomic mass is 16.5. The Morgan fingerprint density at radius 1 is 1.00 bits per heavy atom. The molecule has 0 spiro atoms. The summed E-state index contributed by atoms with van der Waals surface area (Å²) in [6, 6.07) is 16.0. The van der Waals surface area contributed by atoms with E-state index in [1.54, 1.807) is 7.11 Å². The van der Waals surface area contributed by atoms with Crippen LogP contribution in [0.15, 0.2) is 48.5 Å². The first kappa shape index (κ1) is 14.3. The number of methoxy groups -OCH3 is 1. The molecule has 2 rings (SSSR count). The Labute approximate surface area is 119 Å². The molecule has 0 saturated heterocycles. The van der Waals surface area contributed by atoms with Crippen molar-refractivity contribution in [1.29, 1.82) is 0 Å². The van der Waals surface area contributed by atoms with Gasteiger partial charge in [0.15, 0.2) is 0 Å². The number of aryl methyl sites for hydroxylation is 1. The van der Waals surface area contributed by atoms with Gasteiger partial charge in [0.05, 0.1) is 6.61 Å². The number of hydrogen-bond acceptors (Lipinski definition) is 2. The first-order chi connectivity index (χ1) is 9.70. The first-order valence-corrected chi connectivity index (χ1v) is 6.65. The summed E-state index contributed by atoms with van der Waals surface area (Å²) < 4.78 is 4.90. The van der Waals surface area contributed by atoms with Gasteiger partial charge in [-0.2, -0.15) is 0 Å². The average Bonchev–Trinajstić information content (AvgIpc) is 2.48. The fourth-order valence-electron chi connectivity index (χ4n) is 1.93. The molecule has 0 aliphatic rings. The smallest absolute Gasteiger partial charge is 0.251 e. The number of rotatable bonds is 5. The van der Waals surface area contributed by atoms with Gasteiger partial charge >= 0.3 is 0 Å². The summed E-state index contributed by atoms with van der Waals surface area (Å²) in [4.78, 5) is 11.8. The molecule has 3 heteroatoms. The fourth-order valence-corrected chi connectivity index (χ4v) is 1.93. The van der Waals surface area contributed by atoms with E-state index in [-0.39, 0.29) is 5.91 Å². The van der Waals surface area contributed by atoms with Crippen molar-refractivity contribution in [2.75, 3.05) is 20.3 Å². The Kier molecular flexibility index (Phi) is 4.91. The second-order valence-electron chi connectivity index (χ2n) is 4.69. The predicted molar refractivity (Wildman–Crippen MR) is 80.8 cm³/mol. The molecule has 3 nitrogen and oxygen atoms in total. The van der Waals surface area contributed by atoms with Gasteiger partial charge in [-0.15, -0.1) is 0 Å². The van der Waals surface area contributed by atoms with Crippen LogP contribution in [0.4, 0.5) is 0 Å². The Morgan fingerprint density at radius 3 is 2.10 bits per heavy atom. The molecule has 2 aromatic carbocycles. The second-order valence-corrected chi connectivity index (χ2v) is 4.69. The summed E-state index contributed by atoms with van der Waals surface area (Å²) in [5.41, 5.74) is 4.17. The minimum Gasteiger partial charge on any atom is -0.383 e. The molecule has 1 amide bonds. The van der Waals surface area contributed by atoms with Crippen LogP contribution in [0.2, 0.25) is 0 Å². The largest absolute Gasteiger partial charge is 0.383 e. The van der Waals surface area contributed by atoms with Gasteiger partial charge in [-0.05, 0) is 30.2 Å². The zero-order valence-electron chi connectivity index (χ0n) is 11.8. The lowest BCUT2D eigenvalue weighted by molar-refractivity contribution is 0.0937. The molecule has 2 aromatic rings.